The van der Waals surface area contributed by atoms with Gasteiger partial charge in [0.05, 0.1) is 22.3 Å². The van der Waals surface area contributed by atoms with Crippen LogP contribution in [-0.2, 0) is 0 Å². The van der Waals surface area contributed by atoms with Crippen LogP contribution in [0.2, 0.25) is 0 Å². The summed E-state index contributed by atoms with van der Waals surface area (Å²) in [6, 6.07) is 15.2. The molecule has 5 aromatic rings. The number of aromatic nitrogens is 5. The van der Waals surface area contributed by atoms with Crippen molar-refractivity contribution < 1.29 is 9.18 Å². The molecule has 142 valence electrons. The molecule has 2 aromatic carbocycles. The van der Waals surface area contributed by atoms with E-state index in [1.807, 2.05) is 23.6 Å². The molecule has 0 radical (unpaired) electrons. The van der Waals surface area contributed by atoms with Gasteiger partial charge in [0.1, 0.15) is 5.82 Å². The predicted octanol–water partition coefficient (Wildman–Crippen LogP) is 4.26. The van der Waals surface area contributed by atoms with Crippen molar-refractivity contribution in [3.8, 4) is 16.4 Å². The lowest BCUT2D eigenvalue weighted by Gasteiger charge is -2.04. The number of fused-ring (bicyclic) bond motifs is 1. The molecule has 0 saturated carbocycles. The third-order valence-corrected chi connectivity index (χ3v) is 5.17. The van der Waals surface area contributed by atoms with Crippen LogP contribution < -0.4 is 5.32 Å². The van der Waals surface area contributed by atoms with E-state index in [9.17, 15) is 9.18 Å². The van der Waals surface area contributed by atoms with Crippen LogP contribution in [0.3, 0.4) is 0 Å². The van der Waals surface area contributed by atoms with Gasteiger partial charge in [-0.2, -0.15) is 5.10 Å². The van der Waals surface area contributed by atoms with Crippen molar-refractivity contribution >= 4 is 33.8 Å². The number of aromatic amines is 1. The van der Waals surface area contributed by atoms with Gasteiger partial charge in [0.25, 0.3) is 5.91 Å². The van der Waals surface area contributed by atoms with E-state index in [4.69, 9.17) is 0 Å². The minimum atomic E-state index is -0.461. The molecule has 5 rings (SSSR count). The predicted molar refractivity (Wildman–Crippen MR) is 109 cm³/mol. The maximum atomic E-state index is 13.7. The number of hydrogen-bond acceptors (Lipinski definition) is 5. The Morgan fingerprint density at radius 1 is 1.14 bits per heavy atom. The first kappa shape index (κ1) is 17.3. The Kier molecular flexibility index (Phi) is 4.14. The van der Waals surface area contributed by atoms with Gasteiger partial charge < -0.3 is 5.32 Å². The van der Waals surface area contributed by atoms with Gasteiger partial charge >= 0.3 is 0 Å². The van der Waals surface area contributed by atoms with Crippen molar-refractivity contribution in [1.82, 2.24) is 25.0 Å². The molecule has 0 atom stereocenters. The van der Waals surface area contributed by atoms with Crippen LogP contribution in [0.5, 0.6) is 0 Å². The van der Waals surface area contributed by atoms with Crippen LogP contribution in [0.15, 0.2) is 66.2 Å². The number of carbonyl (C=O) groups is 1. The number of nitrogens with one attached hydrogen (secondary N) is 2. The van der Waals surface area contributed by atoms with E-state index in [-0.39, 0.29) is 5.82 Å². The van der Waals surface area contributed by atoms with Crippen LogP contribution in [0, 0.1) is 5.82 Å². The van der Waals surface area contributed by atoms with Gasteiger partial charge in [-0.25, -0.2) is 14.1 Å². The number of thiophene rings is 1. The maximum Gasteiger partial charge on any atom is 0.295 e. The summed E-state index contributed by atoms with van der Waals surface area (Å²) >= 11 is 1.46. The second-order valence-corrected chi connectivity index (χ2v) is 7.20. The molecule has 0 fully saturated rings. The van der Waals surface area contributed by atoms with Gasteiger partial charge in [-0.3, -0.25) is 9.89 Å². The molecule has 0 aliphatic rings. The zero-order valence-electron chi connectivity index (χ0n) is 14.8. The maximum absolute atomic E-state index is 13.7. The average Bonchev–Trinajstić information content (AvgIpc) is 3.46. The number of carbonyl (C=O) groups excluding carboxylic acids is 1. The molecule has 29 heavy (non-hydrogen) atoms. The second kappa shape index (κ2) is 6.95. The van der Waals surface area contributed by atoms with E-state index in [1.165, 1.54) is 28.2 Å². The summed E-state index contributed by atoms with van der Waals surface area (Å²) in [6.45, 7) is 0. The highest BCUT2D eigenvalue weighted by Gasteiger charge is 2.20. The zero-order valence-corrected chi connectivity index (χ0v) is 15.7. The monoisotopic (exact) mass is 404 g/mol. The molecular weight excluding hydrogens is 391 g/mol. The van der Waals surface area contributed by atoms with Gasteiger partial charge in [0.2, 0.25) is 5.82 Å². The minimum absolute atomic E-state index is 0.0117. The Hall–Kier alpha value is -3.85. The van der Waals surface area contributed by atoms with Gasteiger partial charge in [0, 0.05) is 11.1 Å². The number of benzene rings is 2. The Morgan fingerprint density at radius 2 is 2.07 bits per heavy atom. The molecule has 3 heterocycles. The zero-order chi connectivity index (χ0) is 19.8. The van der Waals surface area contributed by atoms with Crippen LogP contribution in [-0.4, -0.2) is 30.9 Å². The molecule has 0 spiro atoms. The van der Waals surface area contributed by atoms with E-state index in [1.54, 1.807) is 30.5 Å². The summed E-state index contributed by atoms with van der Waals surface area (Å²) in [4.78, 5) is 18.0. The lowest BCUT2D eigenvalue weighted by Crippen LogP contribution is -2.14. The van der Waals surface area contributed by atoms with Crippen molar-refractivity contribution in [2.75, 3.05) is 5.32 Å². The quantitative estimate of drug-likeness (QED) is 0.468. The molecule has 2 N–H and O–H groups in total. The first-order valence-corrected chi connectivity index (χ1v) is 9.57. The topological polar surface area (TPSA) is 88.5 Å². The first-order chi connectivity index (χ1) is 14.2. The number of nitrogens with zero attached hydrogens (tertiary/aromatic N) is 4. The van der Waals surface area contributed by atoms with Crippen LogP contribution in [0.1, 0.15) is 10.6 Å². The average molecular weight is 404 g/mol. The first-order valence-electron chi connectivity index (χ1n) is 8.69. The molecule has 0 bridgehead atoms. The van der Waals surface area contributed by atoms with Crippen LogP contribution >= 0.6 is 11.3 Å². The number of halogens is 1. The Morgan fingerprint density at radius 3 is 2.90 bits per heavy atom. The lowest BCUT2D eigenvalue weighted by molar-refractivity contribution is 0.101. The third kappa shape index (κ3) is 3.27. The summed E-state index contributed by atoms with van der Waals surface area (Å²) in [6.07, 6.45) is 1.70. The van der Waals surface area contributed by atoms with Crippen molar-refractivity contribution in [2.45, 2.75) is 0 Å². The highest BCUT2D eigenvalue weighted by Crippen LogP contribution is 2.26. The number of anilines is 1. The highest BCUT2D eigenvalue weighted by molar-refractivity contribution is 7.13. The number of amides is 1. The number of rotatable bonds is 4. The highest BCUT2D eigenvalue weighted by atomic mass is 32.1. The molecule has 0 saturated heterocycles. The molecule has 1 amide bonds. The lowest BCUT2D eigenvalue weighted by atomic mass is 10.2. The Balaban J connectivity index is 1.52. The van der Waals surface area contributed by atoms with Crippen molar-refractivity contribution in [3.63, 3.8) is 0 Å². The van der Waals surface area contributed by atoms with Gasteiger partial charge in [-0.05, 0) is 47.8 Å². The SMILES string of the molecule is O=C(Nc1ccc2cn[nH]c2c1)c1nc(-c2cccs2)n(-c2cccc(F)c2)n1. The van der Waals surface area contributed by atoms with Crippen LogP contribution in [0.4, 0.5) is 10.1 Å². The largest absolute Gasteiger partial charge is 0.319 e. The van der Waals surface area contributed by atoms with Gasteiger partial charge in [0.15, 0.2) is 5.82 Å². The van der Waals surface area contributed by atoms with Crippen molar-refractivity contribution in [3.05, 3.63) is 77.8 Å². The fourth-order valence-electron chi connectivity index (χ4n) is 2.96. The molecule has 0 aliphatic heterocycles. The summed E-state index contributed by atoms with van der Waals surface area (Å²) in [7, 11) is 0. The van der Waals surface area contributed by atoms with E-state index < -0.39 is 11.7 Å². The Labute approximate surface area is 167 Å². The van der Waals surface area contributed by atoms with Crippen molar-refractivity contribution in [1.29, 1.82) is 0 Å². The summed E-state index contributed by atoms with van der Waals surface area (Å²) < 4.78 is 15.2. The molecule has 0 unspecified atom stereocenters. The molecular formula is C20H13FN6OS. The summed E-state index contributed by atoms with van der Waals surface area (Å²) in [5.41, 5.74) is 1.88. The molecule has 7 nitrogen and oxygen atoms in total. The standard InChI is InChI=1S/C20H13FN6OS/c21-13-3-1-4-15(9-13)27-19(17-5-2-8-29-17)24-18(26-27)20(28)23-14-7-6-12-11-22-25-16(12)10-14/h1-11H,(H,22,25)(H,23,28). The summed E-state index contributed by atoms with van der Waals surface area (Å²) in [5.74, 6) is -0.395. The second-order valence-electron chi connectivity index (χ2n) is 6.25. The fourth-order valence-corrected chi connectivity index (χ4v) is 3.66. The van der Waals surface area contributed by atoms with E-state index >= 15 is 0 Å². The van der Waals surface area contributed by atoms with E-state index in [0.29, 0.717) is 17.2 Å². The van der Waals surface area contributed by atoms with Gasteiger partial charge in [-0.1, -0.05) is 12.1 Å². The Bertz CT molecular complexity index is 1320. The number of H-pyrrole nitrogens is 1. The third-order valence-electron chi connectivity index (χ3n) is 4.30. The molecule has 0 aliphatic carbocycles. The molecule has 3 aromatic heterocycles. The smallest absolute Gasteiger partial charge is 0.295 e. The van der Waals surface area contributed by atoms with Gasteiger partial charge in [-0.15, -0.1) is 16.4 Å². The summed E-state index contributed by atoms with van der Waals surface area (Å²) in [5, 5.41) is 16.8. The number of hydrogen-bond donors (Lipinski definition) is 2. The normalized spacial score (nSPS) is 11.1. The van der Waals surface area contributed by atoms with E-state index in [2.05, 4.69) is 25.6 Å². The van der Waals surface area contributed by atoms with Crippen molar-refractivity contribution in [2.24, 2.45) is 0 Å². The molecule has 9 heteroatoms. The fraction of sp³-hybridized carbons (Fsp3) is 0. The van der Waals surface area contributed by atoms with Crippen LogP contribution in [0.25, 0.3) is 27.3 Å². The van der Waals surface area contributed by atoms with E-state index in [0.717, 1.165) is 15.8 Å². The minimum Gasteiger partial charge on any atom is -0.319 e.